The van der Waals surface area contributed by atoms with Crippen molar-refractivity contribution in [1.29, 1.82) is 5.26 Å². The van der Waals surface area contributed by atoms with E-state index in [2.05, 4.69) is 42.3 Å². The molecule has 1 aliphatic rings. The van der Waals surface area contributed by atoms with Crippen LogP contribution in [0.3, 0.4) is 0 Å². The Bertz CT molecular complexity index is 424. The number of hydrogen-bond acceptors (Lipinski definition) is 3. The lowest BCUT2D eigenvalue weighted by atomic mass is 10.0. The van der Waals surface area contributed by atoms with Crippen LogP contribution in [0, 0.1) is 11.3 Å². The van der Waals surface area contributed by atoms with Crippen LogP contribution >= 0.6 is 0 Å². The van der Waals surface area contributed by atoms with Gasteiger partial charge in [0.2, 0.25) is 0 Å². The van der Waals surface area contributed by atoms with E-state index in [1.54, 1.807) is 0 Å². The van der Waals surface area contributed by atoms with E-state index < -0.39 is 0 Å². The van der Waals surface area contributed by atoms with E-state index in [4.69, 9.17) is 5.26 Å². The Morgan fingerprint density at radius 2 is 2.05 bits per heavy atom. The van der Waals surface area contributed by atoms with Gasteiger partial charge in [-0.3, -0.25) is 0 Å². The Morgan fingerprint density at radius 1 is 1.32 bits per heavy atom. The van der Waals surface area contributed by atoms with Gasteiger partial charge in [-0.05, 0) is 57.5 Å². The number of nitrogens with zero attached hydrogens (tertiary/aromatic N) is 2. The summed E-state index contributed by atoms with van der Waals surface area (Å²) < 4.78 is 0. The van der Waals surface area contributed by atoms with E-state index in [0.717, 1.165) is 18.7 Å². The summed E-state index contributed by atoms with van der Waals surface area (Å²) in [5, 5.41) is 12.5. The van der Waals surface area contributed by atoms with E-state index in [9.17, 15) is 0 Å². The topological polar surface area (TPSA) is 39.1 Å². The molecule has 1 fully saturated rings. The first-order valence-electron chi connectivity index (χ1n) is 7.21. The van der Waals surface area contributed by atoms with Crippen molar-refractivity contribution in [1.82, 2.24) is 5.32 Å². The van der Waals surface area contributed by atoms with Crippen molar-refractivity contribution < 1.29 is 0 Å². The average Bonchev–Trinajstić information content (AvgIpc) is 2.46. The van der Waals surface area contributed by atoms with Crippen LogP contribution in [0.25, 0.3) is 0 Å². The van der Waals surface area contributed by atoms with Gasteiger partial charge in [-0.25, -0.2) is 0 Å². The van der Waals surface area contributed by atoms with Gasteiger partial charge in [-0.1, -0.05) is 6.42 Å². The lowest BCUT2D eigenvalue weighted by Gasteiger charge is -2.35. The third kappa shape index (κ3) is 3.71. The third-order valence-corrected chi connectivity index (χ3v) is 3.78. The monoisotopic (exact) mass is 257 g/mol. The molecule has 1 heterocycles. The Kier molecular flexibility index (Phi) is 4.81. The molecule has 3 nitrogen and oxygen atoms in total. The molecular weight excluding hydrogens is 234 g/mol. The van der Waals surface area contributed by atoms with E-state index in [0.29, 0.717) is 12.1 Å². The van der Waals surface area contributed by atoms with Crippen LogP contribution < -0.4 is 10.2 Å². The SMILES string of the molecule is CC(C)N(CC1CCCCN1)c1ccc(C#N)cc1. The summed E-state index contributed by atoms with van der Waals surface area (Å²) in [6.07, 6.45) is 3.89. The molecule has 1 aromatic rings. The van der Waals surface area contributed by atoms with Crippen molar-refractivity contribution in [3.63, 3.8) is 0 Å². The van der Waals surface area contributed by atoms with Crippen LogP contribution in [0.15, 0.2) is 24.3 Å². The lowest BCUT2D eigenvalue weighted by Crippen LogP contribution is -2.46. The molecule has 1 N–H and O–H groups in total. The van der Waals surface area contributed by atoms with Crippen LogP contribution in [0.2, 0.25) is 0 Å². The zero-order valence-electron chi connectivity index (χ0n) is 11.9. The third-order valence-electron chi connectivity index (χ3n) is 3.78. The highest BCUT2D eigenvalue weighted by Crippen LogP contribution is 2.20. The fourth-order valence-electron chi connectivity index (χ4n) is 2.66. The zero-order valence-corrected chi connectivity index (χ0v) is 11.9. The number of anilines is 1. The number of benzene rings is 1. The van der Waals surface area contributed by atoms with Crippen molar-refractivity contribution in [3.8, 4) is 6.07 Å². The van der Waals surface area contributed by atoms with Gasteiger partial charge in [-0.15, -0.1) is 0 Å². The van der Waals surface area contributed by atoms with E-state index in [1.165, 1.54) is 24.9 Å². The summed E-state index contributed by atoms with van der Waals surface area (Å²) in [6, 6.07) is 11.1. The van der Waals surface area contributed by atoms with Crippen LogP contribution in [-0.4, -0.2) is 25.2 Å². The van der Waals surface area contributed by atoms with E-state index in [1.807, 2.05) is 12.1 Å². The zero-order chi connectivity index (χ0) is 13.7. The van der Waals surface area contributed by atoms with Gasteiger partial charge in [0.05, 0.1) is 11.6 Å². The minimum atomic E-state index is 0.469. The summed E-state index contributed by atoms with van der Waals surface area (Å²) >= 11 is 0. The number of nitriles is 1. The molecule has 3 heteroatoms. The standard InChI is InChI=1S/C16H23N3/c1-13(2)19(12-15-5-3-4-10-18-15)16-8-6-14(11-17)7-9-16/h6-9,13,15,18H,3-5,10,12H2,1-2H3. The highest BCUT2D eigenvalue weighted by atomic mass is 15.2. The molecule has 0 bridgehead atoms. The maximum absolute atomic E-state index is 8.86. The number of piperidine rings is 1. The number of rotatable bonds is 4. The minimum absolute atomic E-state index is 0.469. The first-order chi connectivity index (χ1) is 9.20. The molecule has 1 aromatic carbocycles. The van der Waals surface area contributed by atoms with Crippen LogP contribution in [0.1, 0.15) is 38.7 Å². The first kappa shape index (κ1) is 13.9. The Labute approximate surface area is 116 Å². The molecule has 1 unspecified atom stereocenters. The smallest absolute Gasteiger partial charge is 0.0991 e. The summed E-state index contributed by atoms with van der Waals surface area (Å²) in [5.41, 5.74) is 1.93. The van der Waals surface area contributed by atoms with Crippen LogP contribution in [-0.2, 0) is 0 Å². The normalized spacial score (nSPS) is 19.2. The molecule has 1 aliphatic heterocycles. The average molecular weight is 257 g/mol. The second-order valence-corrected chi connectivity index (χ2v) is 5.55. The predicted molar refractivity (Wildman–Crippen MR) is 79.3 cm³/mol. The molecule has 19 heavy (non-hydrogen) atoms. The van der Waals surface area contributed by atoms with E-state index in [-0.39, 0.29) is 0 Å². The van der Waals surface area contributed by atoms with Gasteiger partial charge < -0.3 is 10.2 Å². The van der Waals surface area contributed by atoms with Crippen molar-refractivity contribution in [2.24, 2.45) is 0 Å². The van der Waals surface area contributed by atoms with Crippen LogP contribution in [0.4, 0.5) is 5.69 Å². The summed E-state index contributed by atoms with van der Waals surface area (Å²) in [7, 11) is 0. The quantitative estimate of drug-likeness (QED) is 0.901. The van der Waals surface area contributed by atoms with Crippen molar-refractivity contribution in [2.75, 3.05) is 18.0 Å². The summed E-state index contributed by atoms with van der Waals surface area (Å²) in [5.74, 6) is 0. The van der Waals surface area contributed by atoms with Gasteiger partial charge in [0.15, 0.2) is 0 Å². The molecule has 0 amide bonds. The van der Waals surface area contributed by atoms with Gasteiger partial charge in [0, 0.05) is 24.3 Å². The van der Waals surface area contributed by atoms with Crippen molar-refractivity contribution in [2.45, 2.75) is 45.2 Å². The Hall–Kier alpha value is -1.53. The second kappa shape index (κ2) is 6.58. The molecule has 102 valence electrons. The maximum Gasteiger partial charge on any atom is 0.0991 e. The highest BCUT2D eigenvalue weighted by Gasteiger charge is 2.18. The molecule has 0 spiro atoms. The van der Waals surface area contributed by atoms with Gasteiger partial charge in [-0.2, -0.15) is 5.26 Å². The molecule has 0 radical (unpaired) electrons. The second-order valence-electron chi connectivity index (χ2n) is 5.55. The number of hydrogen-bond donors (Lipinski definition) is 1. The molecule has 0 aromatic heterocycles. The summed E-state index contributed by atoms with van der Waals surface area (Å²) in [4.78, 5) is 2.42. The van der Waals surface area contributed by atoms with E-state index >= 15 is 0 Å². The molecule has 0 aliphatic carbocycles. The molecule has 2 rings (SSSR count). The Balaban J connectivity index is 2.07. The summed E-state index contributed by atoms with van der Waals surface area (Å²) in [6.45, 7) is 6.63. The minimum Gasteiger partial charge on any atom is -0.368 e. The van der Waals surface area contributed by atoms with Gasteiger partial charge in [0.1, 0.15) is 0 Å². The van der Waals surface area contributed by atoms with Crippen molar-refractivity contribution >= 4 is 5.69 Å². The Morgan fingerprint density at radius 3 is 2.58 bits per heavy atom. The fourth-order valence-corrected chi connectivity index (χ4v) is 2.66. The molecular formula is C16H23N3. The first-order valence-corrected chi connectivity index (χ1v) is 7.21. The van der Waals surface area contributed by atoms with Crippen LogP contribution in [0.5, 0.6) is 0 Å². The largest absolute Gasteiger partial charge is 0.368 e. The lowest BCUT2D eigenvalue weighted by molar-refractivity contribution is 0.393. The number of nitrogens with one attached hydrogen (secondary N) is 1. The molecule has 1 atom stereocenters. The predicted octanol–water partition coefficient (Wildman–Crippen LogP) is 2.92. The van der Waals surface area contributed by atoms with Gasteiger partial charge in [0.25, 0.3) is 0 Å². The molecule has 0 saturated carbocycles. The van der Waals surface area contributed by atoms with Crippen molar-refractivity contribution in [3.05, 3.63) is 29.8 Å². The fraction of sp³-hybridized carbons (Fsp3) is 0.562. The highest BCUT2D eigenvalue weighted by molar-refractivity contribution is 5.50. The molecule has 1 saturated heterocycles. The maximum atomic E-state index is 8.86. The van der Waals surface area contributed by atoms with Gasteiger partial charge >= 0.3 is 0 Å².